The van der Waals surface area contributed by atoms with Crippen molar-refractivity contribution in [2.24, 2.45) is 5.73 Å². The van der Waals surface area contributed by atoms with E-state index in [1.807, 2.05) is 24.3 Å². The number of nitrogens with zero attached hydrogens (tertiary/aromatic N) is 5. The number of anilines is 1. The lowest BCUT2D eigenvalue weighted by Gasteiger charge is -2.26. The minimum absolute atomic E-state index is 0.400. The van der Waals surface area contributed by atoms with Gasteiger partial charge in [0.1, 0.15) is 24.8 Å². The summed E-state index contributed by atoms with van der Waals surface area (Å²) >= 11 is 0. The second-order valence-corrected chi connectivity index (χ2v) is 8.98. The summed E-state index contributed by atoms with van der Waals surface area (Å²) in [5, 5.41) is 16.4. The minimum Gasteiger partial charge on any atom is -0.492 e. The van der Waals surface area contributed by atoms with Crippen molar-refractivity contribution in [1.82, 2.24) is 29.7 Å². The first-order valence-corrected chi connectivity index (χ1v) is 12.3. The molecule has 13 heteroatoms. The molecule has 13 nitrogen and oxygen atoms in total. The van der Waals surface area contributed by atoms with Crippen LogP contribution in [0.2, 0.25) is 0 Å². The number of nitrogens with two attached hydrogens (primary N) is 1. The highest BCUT2D eigenvalue weighted by Crippen LogP contribution is 2.31. The van der Waals surface area contributed by atoms with Gasteiger partial charge in [0.25, 0.3) is 5.91 Å². The molecule has 37 heavy (non-hydrogen) atoms. The van der Waals surface area contributed by atoms with Gasteiger partial charge in [-0.2, -0.15) is 0 Å². The van der Waals surface area contributed by atoms with Crippen molar-refractivity contribution in [3.05, 3.63) is 42.5 Å². The summed E-state index contributed by atoms with van der Waals surface area (Å²) in [7, 11) is 1.49. The summed E-state index contributed by atoms with van der Waals surface area (Å²) in [6, 6.07) is 7.01. The number of aromatic nitrogens is 4. The second-order valence-electron chi connectivity index (χ2n) is 8.98. The molecule has 198 valence electrons. The molecule has 0 bridgehead atoms. The predicted molar refractivity (Wildman–Crippen MR) is 134 cm³/mol. The van der Waals surface area contributed by atoms with Crippen molar-refractivity contribution in [2.45, 2.75) is 31.0 Å². The smallest absolute Gasteiger partial charge is 0.250 e. The van der Waals surface area contributed by atoms with Gasteiger partial charge in [-0.3, -0.25) is 14.3 Å². The van der Waals surface area contributed by atoms with Crippen LogP contribution in [0.25, 0.3) is 11.2 Å². The topological polar surface area (TPSA) is 162 Å². The molecule has 2 saturated heterocycles. The molecule has 3 aromatic rings. The van der Waals surface area contributed by atoms with Gasteiger partial charge in [-0.25, -0.2) is 15.0 Å². The van der Waals surface area contributed by atoms with Crippen molar-refractivity contribution in [3.63, 3.8) is 0 Å². The zero-order valence-electron chi connectivity index (χ0n) is 20.6. The van der Waals surface area contributed by atoms with Crippen molar-refractivity contribution in [1.29, 1.82) is 0 Å². The van der Waals surface area contributed by atoms with Crippen molar-refractivity contribution >= 4 is 22.9 Å². The van der Waals surface area contributed by atoms with E-state index in [2.05, 4.69) is 30.5 Å². The number of ether oxygens (including phenoxy) is 3. The lowest BCUT2D eigenvalue weighted by molar-refractivity contribution is -0.134. The van der Waals surface area contributed by atoms with Gasteiger partial charge in [0.15, 0.2) is 29.3 Å². The number of benzene rings is 1. The number of hydrogen-bond acceptors (Lipinski definition) is 11. The number of carbonyl (C=O) groups excluding carboxylic acids is 1. The fourth-order valence-electron chi connectivity index (χ4n) is 4.52. The van der Waals surface area contributed by atoms with Crippen LogP contribution in [-0.4, -0.2) is 100 Å². The highest BCUT2D eigenvalue weighted by Gasteiger charge is 2.46. The maximum Gasteiger partial charge on any atom is 0.250 e. The first-order chi connectivity index (χ1) is 18.0. The molecule has 2 aliphatic rings. The summed E-state index contributed by atoms with van der Waals surface area (Å²) in [5.41, 5.74) is 8.01. The third-order valence-electron chi connectivity index (χ3n) is 6.60. The second kappa shape index (κ2) is 11.4. The molecule has 1 amide bonds. The van der Waals surface area contributed by atoms with E-state index in [0.717, 1.165) is 44.2 Å². The minimum atomic E-state index is -1.11. The van der Waals surface area contributed by atoms with E-state index in [-0.39, 0.29) is 0 Å². The highest BCUT2D eigenvalue weighted by molar-refractivity contribution is 5.83. The molecule has 2 fully saturated rings. The number of carbonyl (C=O) groups is 1. The largest absolute Gasteiger partial charge is 0.492 e. The SMILES string of the molecule is CNC(=O)[C@H]1O[C@@H](n2cnc3c(NCc4cccc(OCCN5CCOCC5)c4)ncnc32)[C@H](O)[C@@H]1N. The van der Waals surface area contributed by atoms with Crippen LogP contribution in [0.1, 0.15) is 11.8 Å². The Morgan fingerprint density at radius 3 is 2.92 bits per heavy atom. The van der Waals surface area contributed by atoms with E-state index in [9.17, 15) is 9.90 Å². The number of morpholine rings is 1. The third kappa shape index (κ3) is 5.50. The fraction of sp³-hybridized carbons (Fsp3) is 0.500. The van der Waals surface area contributed by atoms with Crippen LogP contribution in [0, 0.1) is 0 Å². The number of likely N-dealkylation sites (N-methyl/N-ethyl adjacent to an activating group) is 1. The van der Waals surface area contributed by atoms with Crippen LogP contribution in [0.5, 0.6) is 5.75 Å². The molecule has 5 rings (SSSR count). The Balaban J connectivity index is 1.23. The maximum absolute atomic E-state index is 12.1. The number of amides is 1. The van der Waals surface area contributed by atoms with Gasteiger partial charge >= 0.3 is 0 Å². The molecule has 5 N–H and O–H groups in total. The number of nitrogens with one attached hydrogen (secondary N) is 2. The average Bonchev–Trinajstić information content (AvgIpc) is 3.49. The monoisotopic (exact) mass is 512 g/mol. The molecule has 2 aromatic heterocycles. The molecule has 0 aliphatic carbocycles. The zero-order chi connectivity index (χ0) is 25.8. The van der Waals surface area contributed by atoms with Gasteiger partial charge < -0.3 is 35.7 Å². The summed E-state index contributed by atoms with van der Waals surface area (Å²) in [4.78, 5) is 27.5. The van der Waals surface area contributed by atoms with Crippen molar-refractivity contribution in [2.75, 3.05) is 51.8 Å². The average molecular weight is 513 g/mol. The van der Waals surface area contributed by atoms with Gasteiger partial charge in [0.2, 0.25) is 0 Å². The molecular formula is C24H32N8O5. The molecule has 1 aromatic carbocycles. The number of aliphatic hydroxyl groups excluding tert-OH is 1. The van der Waals surface area contributed by atoms with E-state index < -0.39 is 30.4 Å². The Kier molecular flexibility index (Phi) is 7.76. The quantitative estimate of drug-likeness (QED) is 0.292. The molecule has 0 spiro atoms. The number of imidazole rings is 1. The van der Waals surface area contributed by atoms with Crippen LogP contribution in [0.15, 0.2) is 36.9 Å². The number of aliphatic hydroxyl groups is 1. The van der Waals surface area contributed by atoms with Gasteiger partial charge in [0, 0.05) is 33.2 Å². The Bertz CT molecular complexity index is 1220. The summed E-state index contributed by atoms with van der Waals surface area (Å²) < 4.78 is 18.7. The Morgan fingerprint density at radius 2 is 2.11 bits per heavy atom. The van der Waals surface area contributed by atoms with Crippen LogP contribution in [-0.2, 0) is 20.8 Å². The van der Waals surface area contributed by atoms with Crippen LogP contribution in [0.4, 0.5) is 5.82 Å². The van der Waals surface area contributed by atoms with Gasteiger partial charge in [-0.15, -0.1) is 0 Å². The molecule has 4 atom stereocenters. The van der Waals surface area contributed by atoms with Crippen LogP contribution < -0.4 is 21.1 Å². The normalized spacial score (nSPS) is 24.3. The summed E-state index contributed by atoms with van der Waals surface area (Å²) in [6.45, 7) is 5.38. The molecule has 2 aliphatic heterocycles. The molecular weight excluding hydrogens is 480 g/mol. The standard InChI is InChI=1S/C24H32N8O5/c1-26-23(34)20-17(25)19(33)24(37-20)32-14-30-18-21(28-13-29-22(18)32)27-12-15-3-2-4-16(11-15)36-10-7-31-5-8-35-9-6-31/h2-4,11,13-14,17,19-20,24,33H,5-10,12,25H2,1H3,(H,26,34)(H,27,28,29)/t17-,19+,20-,24+/m0/s1. The van der Waals surface area contributed by atoms with Crippen LogP contribution >= 0.6 is 0 Å². The van der Waals surface area contributed by atoms with Crippen molar-refractivity contribution in [3.8, 4) is 5.75 Å². The third-order valence-corrected chi connectivity index (χ3v) is 6.60. The Hall–Kier alpha value is -3.36. The Morgan fingerprint density at radius 1 is 1.27 bits per heavy atom. The van der Waals surface area contributed by atoms with Gasteiger partial charge in [0.05, 0.1) is 25.6 Å². The number of fused-ring (bicyclic) bond motifs is 1. The fourth-order valence-corrected chi connectivity index (χ4v) is 4.52. The van der Waals surface area contributed by atoms with E-state index in [1.165, 1.54) is 19.7 Å². The first kappa shape index (κ1) is 25.3. The van der Waals surface area contributed by atoms with Gasteiger partial charge in [-0.05, 0) is 17.7 Å². The van der Waals surface area contributed by atoms with E-state index in [1.54, 1.807) is 4.57 Å². The lowest BCUT2D eigenvalue weighted by atomic mass is 10.1. The first-order valence-electron chi connectivity index (χ1n) is 12.3. The van der Waals surface area contributed by atoms with E-state index in [0.29, 0.717) is 30.1 Å². The maximum atomic E-state index is 12.1. The summed E-state index contributed by atoms with van der Waals surface area (Å²) in [5.74, 6) is 0.934. The molecule has 0 saturated carbocycles. The van der Waals surface area contributed by atoms with E-state index >= 15 is 0 Å². The lowest BCUT2D eigenvalue weighted by Crippen LogP contribution is -2.46. The Labute approximate surface area is 213 Å². The van der Waals surface area contributed by atoms with Crippen molar-refractivity contribution < 1.29 is 24.1 Å². The molecule has 4 heterocycles. The number of rotatable bonds is 9. The highest BCUT2D eigenvalue weighted by atomic mass is 16.5. The number of hydrogen-bond donors (Lipinski definition) is 4. The van der Waals surface area contributed by atoms with Crippen LogP contribution in [0.3, 0.4) is 0 Å². The van der Waals surface area contributed by atoms with Gasteiger partial charge in [-0.1, -0.05) is 12.1 Å². The molecule has 0 radical (unpaired) electrons. The predicted octanol–water partition coefficient (Wildman–Crippen LogP) is -0.519. The zero-order valence-corrected chi connectivity index (χ0v) is 20.6. The summed E-state index contributed by atoms with van der Waals surface area (Å²) in [6.07, 6.45) is -0.0927. The molecule has 0 unspecified atom stereocenters. The van der Waals surface area contributed by atoms with E-state index in [4.69, 9.17) is 19.9 Å².